The summed E-state index contributed by atoms with van der Waals surface area (Å²) in [6.45, 7) is 0.622. The van der Waals surface area contributed by atoms with E-state index in [2.05, 4.69) is 10.6 Å². The summed E-state index contributed by atoms with van der Waals surface area (Å²) in [5.74, 6) is 0.798. The number of hydrogen-bond donors (Lipinski definition) is 2. The highest BCUT2D eigenvalue weighted by atomic mass is 16.6. The number of para-hydroxylation sites is 2. The monoisotopic (exact) mass is 416 g/mol. The van der Waals surface area contributed by atoms with E-state index >= 15 is 0 Å². The molecule has 1 aliphatic rings. The van der Waals surface area contributed by atoms with E-state index in [4.69, 9.17) is 9.47 Å². The molecule has 2 atom stereocenters. The van der Waals surface area contributed by atoms with Crippen LogP contribution in [-0.4, -0.2) is 37.1 Å². The van der Waals surface area contributed by atoms with Crippen LogP contribution in [-0.2, 0) is 11.2 Å². The minimum atomic E-state index is -0.716. The van der Waals surface area contributed by atoms with Gasteiger partial charge in [-0.1, -0.05) is 60.7 Å². The van der Waals surface area contributed by atoms with E-state index in [1.165, 1.54) is 0 Å². The van der Waals surface area contributed by atoms with Crippen molar-refractivity contribution in [3.8, 4) is 11.5 Å². The van der Waals surface area contributed by atoms with Gasteiger partial charge in [-0.2, -0.15) is 0 Å². The fraction of sp³-hybridized carbons (Fsp3) is 0.200. The molecular weight excluding hydrogens is 392 g/mol. The van der Waals surface area contributed by atoms with E-state index in [-0.39, 0.29) is 24.5 Å². The Bertz CT molecular complexity index is 1020. The summed E-state index contributed by atoms with van der Waals surface area (Å²) in [7, 11) is 0. The molecule has 31 heavy (non-hydrogen) atoms. The van der Waals surface area contributed by atoms with E-state index in [0.717, 1.165) is 5.56 Å². The van der Waals surface area contributed by atoms with Gasteiger partial charge in [-0.05, 0) is 29.8 Å². The van der Waals surface area contributed by atoms with E-state index in [1.54, 1.807) is 24.3 Å². The molecule has 0 bridgehead atoms. The first-order valence-corrected chi connectivity index (χ1v) is 10.2. The van der Waals surface area contributed by atoms with Gasteiger partial charge in [-0.25, -0.2) is 0 Å². The number of rotatable bonds is 7. The normalized spacial score (nSPS) is 15.5. The molecule has 0 radical (unpaired) electrons. The molecule has 0 saturated heterocycles. The van der Waals surface area contributed by atoms with Gasteiger partial charge in [0.25, 0.3) is 5.91 Å². The van der Waals surface area contributed by atoms with Crippen molar-refractivity contribution in [3.63, 3.8) is 0 Å². The molecule has 0 aliphatic carbocycles. The predicted molar refractivity (Wildman–Crippen MR) is 117 cm³/mol. The lowest BCUT2D eigenvalue weighted by molar-refractivity contribution is -0.123. The Kier molecular flexibility index (Phi) is 6.47. The fourth-order valence-electron chi connectivity index (χ4n) is 3.39. The average Bonchev–Trinajstić information content (AvgIpc) is 2.83. The summed E-state index contributed by atoms with van der Waals surface area (Å²) >= 11 is 0. The van der Waals surface area contributed by atoms with E-state index in [0.29, 0.717) is 30.1 Å². The Morgan fingerprint density at radius 3 is 2.26 bits per heavy atom. The zero-order chi connectivity index (χ0) is 21.5. The molecule has 2 unspecified atom stereocenters. The van der Waals surface area contributed by atoms with Gasteiger partial charge in [-0.3, -0.25) is 9.59 Å². The lowest BCUT2D eigenvalue weighted by Gasteiger charge is -2.27. The Morgan fingerprint density at radius 1 is 0.871 bits per heavy atom. The third kappa shape index (κ3) is 5.42. The van der Waals surface area contributed by atoms with Gasteiger partial charge >= 0.3 is 0 Å². The smallest absolute Gasteiger partial charge is 0.251 e. The van der Waals surface area contributed by atoms with Gasteiger partial charge in [0.2, 0.25) is 5.91 Å². The molecule has 158 valence electrons. The lowest BCUT2D eigenvalue weighted by Crippen LogP contribution is -2.51. The topological polar surface area (TPSA) is 76.7 Å². The maximum absolute atomic E-state index is 13.0. The lowest BCUT2D eigenvalue weighted by atomic mass is 10.0. The van der Waals surface area contributed by atoms with Crippen LogP contribution in [0.15, 0.2) is 84.9 Å². The third-order valence-corrected chi connectivity index (χ3v) is 5.01. The minimum Gasteiger partial charge on any atom is -0.486 e. The van der Waals surface area contributed by atoms with Gasteiger partial charge in [0.15, 0.2) is 11.5 Å². The summed E-state index contributed by atoms with van der Waals surface area (Å²) < 4.78 is 11.6. The van der Waals surface area contributed by atoms with Crippen molar-refractivity contribution in [2.24, 2.45) is 0 Å². The van der Waals surface area contributed by atoms with Gasteiger partial charge in [0.1, 0.15) is 18.8 Å². The van der Waals surface area contributed by atoms with Crippen LogP contribution in [0.1, 0.15) is 15.9 Å². The van der Waals surface area contributed by atoms with E-state index in [9.17, 15) is 9.59 Å². The number of hydrogen-bond acceptors (Lipinski definition) is 4. The SMILES string of the molecule is O=C(NC(Cc1ccccc1)C(=O)NCC1COc2ccccc2O1)c1ccccc1. The van der Waals surface area contributed by atoms with Crippen molar-refractivity contribution >= 4 is 11.8 Å². The summed E-state index contributed by atoms with van der Waals surface area (Å²) in [6, 6.07) is 25.2. The molecule has 4 rings (SSSR count). The van der Waals surface area contributed by atoms with Crippen molar-refractivity contribution in [1.29, 1.82) is 0 Å². The van der Waals surface area contributed by atoms with Gasteiger partial charge < -0.3 is 20.1 Å². The van der Waals surface area contributed by atoms with Crippen LogP contribution in [0.4, 0.5) is 0 Å². The summed E-state index contributed by atoms with van der Waals surface area (Å²) in [5, 5.41) is 5.76. The number of fused-ring (bicyclic) bond motifs is 1. The van der Waals surface area contributed by atoms with Crippen molar-refractivity contribution < 1.29 is 19.1 Å². The second kappa shape index (κ2) is 9.80. The van der Waals surface area contributed by atoms with Crippen LogP contribution in [0.25, 0.3) is 0 Å². The molecule has 0 spiro atoms. The van der Waals surface area contributed by atoms with Crippen LogP contribution in [0.5, 0.6) is 11.5 Å². The number of nitrogens with one attached hydrogen (secondary N) is 2. The molecule has 2 N–H and O–H groups in total. The predicted octanol–water partition coefficient (Wildman–Crippen LogP) is 2.98. The number of benzene rings is 3. The highest BCUT2D eigenvalue weighted by Crippen LogP contribution is 2.30. The standard InChI is InChI=1S/C25H24N2O4/c28-24(19-11-5-2-6-12-19)27-21(15-18-9-3-1-4-10-18)25(29)26-16-20-17-30-22-13-7-8-14-23(22)31-20/h1-14,20-21H,15-17H2,(H,26,29)(H,27,28). The van der Waals surface area contributed by atoms with Crippen LogP contribution >= 0.6 is 0 Å². The largest absolute Gasteiger partial charge is 0.486 e. The quantitative estimate of drug-likeness (QED) is 0.621. The van der Waals surface area contributed by atoms with E-state index in [1.807, 2.05) is 60.7 Å². The summed E-state index contributed by atoms with van der Waals surface area (Å²) in [4.78, 5) is 25.6. The Balaban J connectivity index is 1.40. The first kappa shape index (κ1) is 20.5. The van der Waals surface area contributed by atoms with Crippen molar-refractivity contribution in [3.05, 3.63) is 96.1 Å². The number of carbonyl (C=O) groups is 2. The van der Waals surface area contributed by atoms with Crippen molar-refractivity contribution in [2.75, 3.05) is 13.2 Å². The second-order valence-electron chi connectivity index (χ2n) is 7.32. The third-order valence-electron chi connectivity index (χ3n) is 5.01. The Hall–Kier alpha value is -3.80. The maximum Gasteiger partial charge on any atom is 0.251 e. The zero-order valence-corrected chi connectivity index (χ0v) is 17.0. The van der Waals surface area contributed by atoms with Crippen molar-refractivity contribution in [1.82, 2.24) is 10.6 Å². The highest BCUT2D eigenvalue weighted by molar-refractivity contribution is 5.97. The van der Waals surface area contributed by atoms with Crippen LogP contribution in [0, 0.1) is 0 Å². The first-order chi connectivity index (χ1) is 15.2. The van der Waals surface area contributed by atoms with Gasteiger partial charge in [0.05, 0.1) is 6.54 Å². The Labute approximate surface area is 181 Å². The van der Waals surface area contributed by atoms with E-state index < -0.39 is 6.04 Å². The molecule has 6 nitrogen and oxygen atoms in total. The molecule has 3 aromatic rings. The Morgan fingerprint density at radius 2 is 1.52 bits per heavy atom. The fourth-order valence-corrected chi connectivity index (χ4v) is 3.39. The second-order valence-corrected chi connectivity index (χ2v) is 7.32. The molecule has 1 heterocycles. The summed E-state index contributed by atoms with van der Waals surface area (Å²) in [6.07, 6.45) is 0.0804. The first-order valence-electron chi connectivity index (χ1n) is 10.2. The number of amides is 2. The molecule has 3 aromatic carbocycles. The van der Waals surface area contributed by atoms with Crippen molar-refractivity contribution in [2.45, 2.75) is 18.6 Å². The molecule has 0 saturated carbocycles. The summed E-state index contributed by atoms with van der Waals surface area (Å²) in [5.41, 5.74) is 1.47. The van der Waals surface area contributed by atoms with Gasteiger partial charge in [-0.15, -0.1) is 0 Å². The number of carbonyl (C=O) groups excluding carboxylic acids is 2. The number of ether oxygens (including phenoxy) is 2. The molecule has 2 amide bonds. The molecule has 0 fully saturated rings. The molecule has 0 aromatic heterocycles. The van der Waals surface area contributed by atoms with Gasteiger partial charge in [0, 0.05) is 12.0 Å². The van der Waals surface area contributed by atoms with Crippen LogP contribution < -0.4 is 20.1 Å². The minimum absolute atomic E-state index is 0.268. The zero-order valence-electron chi connectivity index (χ0n) is 17.0. The van der Waals surface area contributed by atoms with Crippen LogP contribution in [0.3, 0.4) is 0 Å². The molecule has 1 aliphatic heterocycles. The van der Waals surface area contributed by atoms with Crippen LogP contribution in [0.2, 0.25) is 0 Å². The highest BCUT2D eigenvalue weighted by Gasteiger charge is 2.25. The molecular formula is C25H24N2O4. The average molecular weight is 416 g/mol. The molecule has 6 heteroatoms. The maximum atomic E-state index is 13.0.